The quantitative estimate of drug-likeness (QED) is 0.584. The van der Waals surface area contributed by atoms with Crippen molar-refractivity contribution in [2.75, 3.05) is 31.9 Å². The predicted molar refractivity (Wildman–Crippen MR) is 80.3 cm³/mol. The molecule has 0 atom stereocenters. The number of anilines is 1. The molecule has 1 rings (SSSR count). The van der Waals surface area contributed by atoms with Gasteiger partial charge in [0.25, 0.3) is 5.91 Å². The Kier molecular flexibility index (Phi) is 6.36. The molecule has 0 fully saturated rings. The minimum atomic E-state index is -0.0498. The van der Waals surface area contributed by atoms with Crippen LogP contribution in [0.4, 0.5) is 5.69 Å². The van der Waals surface area contributed by atoms with Crippen molar-refractivity contribution in [2.45, 2.75) is 27.2 Å². The van der Waals surface area contributed by atoms with E-state index in [1.54, 1.807) is 6.07 Å². The predicted octanol–water partition coefficient (Wildman–Crippen LogP) is 2.04. The molecule has 1 amide bonds. The molecular weight excluding hydrogens is 238 g/mol. The molecule has 1 aromatic rings. The van der Waals surface area contributed by atoms with Crippen LogP contribution in [0.3, 0.4) is 0 Å². The van der Waals surface area contributed by atoms with Crippen LogP contribution in [-0.4, -0.2) is 37.0 Å². The molecule has 19 heavy (non-hydrogen) atoms. The number of carbonyl (C=O) groups is 1. The molecule has 0 aliphatic carbocycles. The molecule has 0 aliphatic rings. The fourth-order valence-electron chi connectivity index (χ4n) is 1.93. The van der Waals surface area contributed by atoms with Gasteiger partial charge in [-0.25, -0.2) is 0 Å². The molecule has 1 aromatic carbocycles. The van der Waals surface area contributed by atoms with Crippen LogP contribution in [0.5, 0.6) is 0 Å². The summed E-state index contributed by atoms with van der Waals surface area (Å²) in [5.41, 5.74) is 8.09. The first-order chi connectivity index (χ1) is 9.08. The number of nitrogens with one attached hydrogen (secondary N) is 1. The second-order valence-electron chi connectivity index (χ2n) is 4.71. The zero-order valence-electron chi connectivity index (χ0n) is 12.2. The summed E-state index contributed by atoms with van der Waals surface area (Å²) >= 11 is 0. The van der Waals surface area contributed by atoms with Crippen molar-refractivity contribution < 1.29 is 4.79 Å². The van der Waals surface area contributed by atoms with E-state index in [1.807, 2.05) is 19.1 Å². The normalized spacial score (nSPS) is 10.7. The first kappa shape index (κ1) is 15.5. The largest absolute Gasteiger partial charge is 0.398 e. The molecular formula is C15H25N3O. The minimum Gasteiger partial charge on any atom is -0.398 e. The lowest BCUT2D eigenvalue weighted by Gasteiger charge is -2.17. The van der Waals surface area contributed by atoms with E-state index in [1.165, 1.54) is 0 Å². The fraction of sp³-hybridized carbons (Fsp3) is 0.533. The van der Waals surface area contributed by atoms with E-state index in [0.717, 1.165) is 31.6 Å². The van der Waals surface area contributed by atoms with Crippen molar-refractivity contribution in [1.29, 1.82) is 0 Å². The van der Waals surface area contributed by atoms with Gasteiger partial charge in [0.05, 0.1) is 0 Å². The van der Waals surface area contributed by atoms with Gasteiger partial charge in [0.2, 0.25) is 0 Å². The lowest BCUT2D eigenvalue weighted by molar-refractivity contribution is 0.0952. The smallest absolute Gasteiger partial charge is 0.251 e. The van der Waals surface area contributed by atoms with Crippen LogP contribution in [0.15, 0.2) is 18.2 Å². The van der Waals surface area contributed by atoms with Crippen LogP contribution in [0.1, 0.15) is 36.2 Å². The van der Waals surface area contributed by atoms with Gasteiger partial charge in [0, 0.05) is 17.8 Å². The van der Waals surface area contributed by atoms with Crippen molar-refractivity contribution in [3.05, 3.63) is 29.3 Å². The van der Waals surface area contributed by atoms with Crippen molar-refractivity contribution in [2.24, 2.45) is 0 Å². The molecule has 0 aliphatic heterocycles. The number of nitrogen functional groups attached to an aromatic ring is 1. The zero-order valence-corrected chi connectivity index (χ0v) is 12.2. The molecule has 0 spiro atoms. The molecule has 0 heterocycles. The molecule has 0 radical (unpaired) electrons. The molecule has 4 heteroatoms. The summed E-state index contributed by atoms with van der Waals surface area (Å²) < 4.78 is 0. The highest BCUT2D eigenvalue weighted by atomic mass is 16.1. The first-order valence-electron chi connectivity index (χ1n) is 6.95. The maximum atomic E-state index is 11.9. The maximum Gasteiger partial charge on any atom is 0.251 e. The Balaban J connectivity index is 2.37. The average molecular weight is 263 g/mol. The number of aryl methyl sites for hydroxylation is 1. The average Bonchev–Trinajstić information content (AvgIpc) is 2.42. The maximum absolute atomic E-state index is 11.9. The summed E-state index contributed by atoms with van der Waals surface area (Å²) in [7, 11) is 0. The molecule has 106 valence electrons. The highest BCUT2D eigenvalue weighted by molar-refractivity contribution is 5.95. The van der Waals surface area contributed by atoms with Gasteiger partial charge in [0.15, 0.2) is 0 Å². The minimum absolute atomic E-state index is 0.0498. The van der Waals surface area contributed by atoms with Crippen LogP contribution in [0, 0.1) is 6.92 Å². The monoisotopic (exact) mass is 263 g/mol. The number of amides is 1. The number of hydrogen-bond acceptors (Lipinski definition) is 3. The first-order valence-corrected chi connectivity index (χ1v) is 6.95. The third-order valence-corrected chi connectivity index (χ3v) is 3.37. The van der Waals surface area contributed by atoms with E-state index in [9.17, 15) is 4.79 Å². The Morgan fingerprint density at radius 3 is 2.58 bits per heavy atom. The topological polar surface area (TPSA) is 58.4 Å². The standard InChI is InChI=1S/C15H25N3O/c1-4-18(5-2)10-6-9-17-15(19)13-8-7-12(3)14(16)11-13/h7-8,11H,4-6,9-10,16H2,1-3H3,(H,17,19). The SMILES string of the molecule is CCN(CC)CCCNC(=O)c1ccc(C)c(N)c1. The Bertz CT molecular complexity index is 414. The van der Waals surface area contributed by atoms with Gasteiger partial charge in [-0.2, -0.15) is 0 Å². The van der Waals surface area contributed by atoms with E-state index in [-0.39, 0.29) is 5.91 Å². The van der Waals surface area contributed by atoms with Crippen molar-refractivity contribution in [1.82, 2.24) is 10.2 Å². The summed E-state index contributed by atoms with van der Waals surface area (Å²) in [6.07, 6.45) is 0.967. The molecule has 0 saturated carbocycles. The molecule has 4 nitrogen and oxygen atoms in total. The third-order valence-electron chi connectivity index (χ3n) is 3.37. The van der Waals surface area contributed by atoms with Crippen molar-refractivity contribution >= 4 is 11.6 Å². The molecule has 3 N–H and O–H groups in total. The molecule has 0 aromatic heterocycles. The van der Waals surface area contributed by atoms with Crippen molar-refractivity contribution in [3.63, 3.8) is 0 Å². The van der Waals surface area contributed by atoms with Gasteiger partial charge < -0.3 is 16.0 Å². The number of hydrogen-bond donors (Lipinski definition) is 2. The highest BCUT2D eigenvalue weighted by Crippen LogP contribution is 2.12. The number of benzene rings is 1. The van der Waals surface area contributed by atoms with E-state index >= 15 is 0 Å². The third kappa shape index (κ3) is 4.91. The van der Waals surface area contributed by atoms with Crippen LogP contribution in [0.25, 0.3) is 0 Å². The number of rotatable bonds is 7. The Hall–Kier alpha value is -1.55. The lowest BCUT2D eigenvalue weighted by atomic mass is 10.1. The van der Waals surface area contributed by atoms with E-state index in [4.69, 9.17) is 5.73 Å². The fourth-order valence-corrected chi connectivity index (χ4v) is 1.93. The van der Waals surface area contributed by atoms with Gasteiger partial charge in [-0.3, -0.25) is 4.79 Å². The van der Waals surface area contributed by atoms with Gasteiger partial charge in [-0.1, -0.05) is 19.9 Å². The number of nitrogens with two attached hydrogens (primary N) is 1. The summed E-state index contributed by atoms with van der Waals surface area (Å²) in [6.45, 7) is 10.1. The highest BCUT2D eigenvalue weighted by Gasteiger charge is 2.06. The van der Waals surface area contributed by atoms with Crippen molar-refractivity contribution in [3.8, 4) is 0 Å². The summed E-state index contributed by atoms with van der Waals surface area (Å²) in [5, 5.41) is 2.93. The Morgan fingerprint density at radius 2 is 2.00 bits per heavy atom. The molecule has 0 unspecified atom stereocenters. The van der Waals surface area contributed by atoms with E-state index < -0.39 is 0 Å². The number of carbonyl (C=O) groups excluding carboxylic acids is 1. The van der Waals surface area contributed by atoms with Crippen LogP contribution >= 0.6 is 0 Å². The summed E-state index contributed by atoms with van der Waals surface area (Å²) in [4.78, 5) is 14.3. The van der Waals surface area contributed by atoms with Gasteiger partial charge >= 0.3 is 0 Å². The second kappa shape index (κ2) is 7.79. The Labute approximate surface area is 116 Å². The van der Waals surface area contributed by atoms with E-state index in [2.05, 4.69) is 24.1 Å². The summed E-state index contributed by atoms with van der Waals surface area (Å²) in [6, 6.07) is 5.42. The lowest BCUT2D eigenvalue weighted by Crippen LogP contribution is -2.29. The van der Waals surface area contributed by atoms with Crippen LogP contribution in [-0.2, 0) is 0 Å². The Morgan fingerprint density at radius 1 is 1.32 bits per heavy atom. The molecule has 0 bridgehead atoms. The van der Waals surface area contributed by atoms with Crippen LogP contribution in [0.2, 0.25) is 0 Å². The van der Waals surface area contributed by atoms with Gasteiger partial charge in [0.1, 0.15) is 0 Å². The second-order valence-corrected chi connectivity index (χ2v) is 4.71. The summed E-state index contributed by atoms with van der Waals surface area (Å²) in [5.74, 6) is -0.0498. The number of nitrogens with zero attached hydrogens (tertiary/aromatic N) is 1. The zero-order chi connectivity index (χ0) is 14.3. The van der Waals surface area contributed by atoms with E-state index in [0.29, 0.717) is 17.8 Å². The van der Waals surface area contributed by atoms with Gasteiger partial charge in [-0.05, 0) is 50.7 Å². The molecule has 0 saturated heterocycles. The van der Waals surface area contributed by atoms with Gasteiger partial charge in [-0.15, -0.1) is 0 Å². The van der Waals surface area contributed by atoms with Crippen LogP contribution < -0.4 is 11.1 Å².